The minimum Gasteiger partial charge on any atom is -0.387 e. The second-order valence-corrected chi connectivity index (χ2v) is 4.79. The monoisotopic (exact) mass is 258 g/mol. The largest absolute Gasteiger partial charge is 0.387 e. The van der Waals surface area contributed by atoms with Gasteiger partial charge in [-0.05, 0) is 37.3 Å². The molecule has 0 aliphatic carbocycles. The minimum absolute atomic E-state index is 0.0692. The van der Waals surface area contributed by atoms with Gasteiger partial charge in [-0.25, -0.2) is 4.98 Å². The van der Waals surface area contributed by atoms with Crippen LogP contribution in [0.15, 0.2) is 6.20 Å². The quantitative estimate of drug-likeness (QED) is 0.903. The van der Waals surface area contributed by atoms with Gasteiger partial charge in [0.2, 0.25) is 5.28 Å². The molecule has 17 heavy (non-hydrogen) atoms. The highest BCUT2D eigenvalue weighted by Crippen LogP contribution is 2.31. The summed E-state index contributed by atoms with van der Waals surface area (Å²) in [7, 11) is 0. The van der Waals surface area contributed by atoms with Gasteiger partial charge in [0.25, 0.3) is 0 Å². The Labute approximate surface area is 107 Å². The van der Waals surface area contributed by atoms with E-state index in [0.29, 0.717) is 5.28 Å². The molecule has 5 heteroatoms. The number of aliphatic hydroxyl groups is 1. The highest BCUT2D eigenvalue weighted by atomic mass is 35.5. The second kappa shape index (κ2) is 5.85. The summed E-state index contributed by atoms with van der Waals surface area (Å²) in [5, 5.41) is 10.5. The zero-order valence-electron chi connectivity index (χ0n) is 10.1. The van der Waals surface area contributed by atoms with Gasteiger partial charge in [-0.1, -0.05) is 13.3 Å². The number of rotatable bonds is 4. The standard InChI is InChI=1S/C12H19ClN2O2/c1-2-5-10(16)9-8-14-12(13)15(9)11-6-3-4-7-17-11/h8,10-11,16H,2-7H2,1H3. The molecule has 0 saturated carbocycles. The van der Waals surface area contributed by atoms with E-state index >= 15 is 0 Å². The molecular formula is C12H19ClN2O2. The van der Waals surface area contributed by atoms with Crippen molar-refractivity contribution in [1.29, 1.82) is 0 Å². The van der Waals surface area contributed by atoms with E-state index in [0.717, 1.165) is 44.4 Å². The van der Waals surface area contributed by atoms with Gasteiger partial charge in [0.15, 0.2) is 0 Å². The Morgan fingerprint density at radius 2 is 2.47 bits per heavy atom. The highest BCUT2D eigenvalue weighted by molar-refractivity contribution is 6.28. The van der Waals surface area contributed by atoms with E-state index in [1.807, 2.05) is 11.5 Å². The molecule has 0 amide bonds. The number of nitrogens with zero attached hydrogens (tertiary/aromatic N) is 2. The van der Waals surface area contributed by atoms with Gasteiger partial charge >= 0.3 is 0 Å². The summed E-state index contributed by atoms with van der Waals surface area (Å²) in [6.07, 6.45) is 5.87. The summed E-state index contributed by atoms with van der Waals surface area (Å²) in [6.45, 7) is 2.80. The summed E-state index contributed by atoms with van der Waals surface area (Å²) < 4.78 is 7.53. The normalized spacial score (nSPS) is 22.6. The molecule has 0 radical (unpaired) electrons. The molecule has 0 aromatic carbocycles. The lowest BCUT2D eigenvalue weighted by atomic mass is 10.1. The zero-order valence-corrected chi connectivity index (χ0v) is 10.9. The number of hydrogen-bond donors (Lipinski definition) is 1. The van der Waals surface area contributed by atoms with Crippen LogP contribution in [-0.2, 0) is 4.74 Å². The summed E-state index contributed by atoms with van der Waals surface area (Å²) in [4.78, 5) is 4.08. The third-order valence-electron chi connectivity index (χ3n) is 3.13. The number of hydrogen-bond acceptors (Lipinski definition) is 3. The molecule has 1 aromatic heterocycles. The van der Waals surface area contributed by atoms with Crippen molar-refractivity contribution < 1.29 is 9.84 Å². The van der Waals surface area contributed by atoms with Crippen molar-refractivity contribution in [2.45, 2.75) is 51.4 Å². The third kappa shape index (κ3) is 2.81. The first-order chi connectivity index (χ1) is 8.24. The first-order valence-corrected chi connectivity index (χ1v) is 6.64. The van der Waals surface area contributed by atoms with Gasteiger partial charge in [-0.3, -0.25) is 4.57 Å². The molecule has 2 rings (SSSR count). The third-order valence-corrected chi connectivity index (χ3v) is 3.41. The van der Waals surface area contributed by atoms with E-state index < -0.39 is 6.10 Å². The molecule has 0 bridgehead atoms. The van der Waals surface area contributed by atoms with Crippen molar-refractivity contribution >= 4 is 11.6 Å². The highest BCUT2D eigenvalue weighted by Gasteiger charge is 2.24. The smallest absolute Gasteiger partial charge is 0.205 e. The van der Waals surface area contributed by atoms with Crippen LogP contribution < -0.4 is 0 Å². The Kier molecular flexibility index (Phi) is 4.42. The molecule has 2 atom stereocenters. The topological polar surface area (TPSA) is 47.3 Å². The lowest BCUT2D eigenvalue weighted by molar-refractivity contribution is -0.0368. The van der Waals surface area contributed by atoms with Crippen molar-refractivity contribution in [3.8, 4) is 0 Å². The van der Waals surface area contributed by atoms with Crippen LogP contribution in [0.1, 0.15) is 57.1 Å². The molecule has 1 aromatic rings. The number of aromatic nitrogens is 2. The Bertz CT molecular complexity index is 361. The van der Waals surface area contributed by atoms with Crippen molar-refractivity contribution in [2.75, 3.05) is 6.61 Å². The molecule has 96 valence electrons. The SMILES string of the molecule is CCCC(O)c1cnc(Cl)n1C1CCCCO1. The molecular weight excluding hydrogens is 240 g/mol. The van der Waals surface area contributed by atoms with Crippen molar-refractivity contribution in [2.24, 2.45) is 0 Å². The van der Waals surface area contributed by atoms with Gasteiger partial charge in [0.05, 0.1) is 18.0 Å². The van der Waals surface area contributed by atoms with Crippen LogP contribution in [0.2, 0.25) is 5.28 Å². The molecule has 2 unspecified atom stereocenters. The van der Waals surface area contributed by atoms with E-state index in [1.54, 1.807) is 6.20 Å². The molecule has 4 nitrogen and oxygen atoms in total. The summed E-state index contributed by atoms with van der Waals surface area (Å²) in [5.41, 5.74) is 0.767. The van der Waals surface area contributed by atoms with E-state index in [4.69, 9.17) is 16.3 Å². The zero-order chi connectivity index (χ0) is 12.3. The first kappa shape index (κ1) is 12.9. The van der Waals surface area contributed by atoms with Crippen LogP contribution in [-0.4, -0.2) is 21.3 Å². The van der Waals surface area contributed by atoms with Gasteiger partial charge in [-0.2, -0.15) is 0 Å². The van der Waals surface area contributed by atoms with Crippen LogP contribution in [0.3, 0.4) is 0 Å². The van der Waals surface area contributed by atoms with Gasteiger partial charge in [-0.15, -0.1) is 0 Å². The minimum atomic E-state index is -0.509. The Morgan fingerprint density at radius 1 is 1.65 bits per heavy atom. The molecule has 2 heterocycles. The van der Waals surface area contributed by atoms with Crippen LogP contribution in [0.25, 0.3) is 0 Å². The van der Waals surface area contributed by atoms with Crippen molar-refractivity contribution in [3.05, 3.63) is 17.2 Å². The fourth-order valence-corrected chi connectivity index (χ4v) is 2.49. The van der Waals surface area contributed by atoms with Crippen molar-refractivity contribution in [1.82, 2.24) is 9.55 Å². The summed E-state index contributed by atoms with van der Waals surface area (Å²) in [5.74, 6) is 0. The van der Waals surface area contributed by atoms with Crippen LogP contribution in [0, 0.1) is 0 Å². The van der Waals surface area contributed by atoms with Gasteiger partial charge in [0.1, 0.15) is 6.23 Å². The Balaban J connectivity index is 2.21. The molecule has 0 spiro atoms. The van der Waals surface area contributed by atoms with Crippen LogP contribution in [0.5, 0.6) is 0 Å². The molecule has 1 saturated heterocycles. The average Bonchev–Trinajstić information content (AvgIpc) is 2.73. The maximum Gasteiger partial charge on any atom is 0.205 e. The maximum atomic E-state index is 10.1. The average molecular weight is 259 g/mol. The molecule has 1 aliphatic rings. The molecule has 1 aliphatic heterocycles. The van der Waals surface area contributed by atoms with E-state index in [1.165, 1.54) is 0 Å². The van der Waals surface area contributed by atoms with Crippen LogP contribution in [0.4, 0.5) is 0 Å². The fraction of sp³-hybridized carbons (Fsp3) is 0.750. The maximum absolute atomic E-state index is 10.1. The summed E-state index contributed by atoms with van der Waals surface area (Å²) in [6, 6.07) is 0. The van der Waals surface area contributed by atoms with Gasteiger partial charge < -0.3 is 9.84 Å². The van der Waals surface area contributed by atoms with Crippen molar-refractivity contribution in [3.63, 3.8) is 0 Å². The lowest BCUT2D eigenvalue weighted by Crippen LogP contribution is -2.21. The molecule has 1 fully saturated rings. The van der Waals surface area contributed by atoms with Gasteiger partial charge in [0, 0.05) is 6.61 Å². The number of halogens is 1. The Hall–Kier alpha value is -0.580. The second-order valence-electron chi connectivity index (χ2n) is 4.45. The lowest BCUT2D eigenvalue weighted by Gasteiger charge is -2.27. The molecule has 1 N–H and O–H groups in total. The van der Waals surface area contributed by atoms with E-state index in [9.17, 15) is 5.11 Å². The van der Waals surface area contributed by atoms with E-state index in [-0.39, 0.29) is 6.23 Å². The number of aliphatic hydroxyl groups excluding tert-OH is 1. The number of imidazole rings is 1. The number of ether oxygens (including phenoxy) is 1. The fourth-order valence-electron chi connectivity index (χ4n) is 2.23. The van der Waals surface area contributed by atoms with E-state index in [2.05, 4.69) is 4.98 Å². The predicted octanol–water partition coefficient (Wildman–Crippen LogP) is 3.07. The van der Waals surface area contributed by atoms with Crippen LogP contribution >= 0.6 is 11.6 Å². The first-order valence-electron chi connectivity index (χ1n) is 6.26. The predicted molar refractivity (Wildman–Crippen MR) is 65.9 cm³/mol. The summed E-state index contributed by atoms with van der Waals surface area (Å²) >= 11 is 6.08. The Morgan fingerprint density at radius 3 is 3.12 bits per heavy atom.